The van der Waals surface area contributed by atoms with Crippen LogP contribution in [0.1, 0.15) is 287 Å². The largest absolute Gasteiger partial charge is 0.391 e. The van der Waals surface area contributed by atoms with Crippen LogP contribution in [0.3, 0.4) is 0 Å². The molecule has 28 nitrogen and oxygen atoms in total. The molecule has 0 saturated heterocycles. The summed E-state index contributed by atoms with van der Waals surface area (Å²) in [7, 11) is 2.33. The van der Waals surface area contributed by atoms with Gasteiger partial charge in [0.05, 0.1) is 95.0 Å². The molecule has 0 aromatic heterocycles. The summed E-state index contributed by atoms with van der Waals surface area (Å²) in [6, 6.07) is 10.5. The highest BCUT2D eigenvalue weighted by molar-refractivity contribution is 6.85. The number of nitrogens with zero attached hydrogens (tertiary/aromatic N) is 8. The lowest BCUT2D eigenvalue weighted by molar-refractivity contribution is 0.0242. The quantitative estimate of drug-likeness (QED) is 0.0153. The summed E-state index contributed by atoms with van der Waals surface area (Å²) in [5, 5.41) is 170. The first kappa shape index (κ1) is 159. The Morgan fingerprint density at radius 3 is 0.722 bits per heavy atom. The van der Waals surface area contributed by atoms with Gasteiger partial charge in [0, 0.05) is 141 Å². The summed E-state index contributed by atoms with van der Waals surface area (Å²) in [5.74, 6) is 0.665. The fourth-order valence-electron chi connectivity index (χ4n) is 10.6. The minimum atomic E-state index is -1.63. The van der Waals surface area contributed by atoms with Crippen molar-refractivity contribution >= 4 is 127 Å². The smallest absolute Gasteiger partial charge is 0.114 e. The zero-order chi connectivity index (χ0) is 110. The Bertz CT molecular complexity index is 3060. The van der Waals surface area contributed by atoms with E-state index < -0.39 is 112 Å². The Morgan fingerprint density at radius 1 is 0.316 bits per heavy atom. The van der Waals surface area contributed by atoms with Crippen molar-refractivity contribution in [2.45, 2.75) is 471 Å². The second kappa shape index (κ2) is 81.1. The molecule has 0 saturated carbocycles. The Balaban J connectivity index is -0.0000000961. The molecule has 0 heterocycles. The predicted octanol–water partition coefficient (Wildman–Crippen LogP) is 19.7. The molecule has 33 heteroatoms. The van der Waals surface area contributed by atoms with Gasteiger partial charge < -0.3 is 104 Å². The SMILES string of the molecule is C=CC(C)(O)C=NC.C=CC(O)C=NC(C)C.CC(C)(O)C=N.CC(O)(C=N)[Si](C)(C)C.CCC(C)(O)C=N.CCC(C)(O)C=N.CCC(O)(C=N)CC.CCC(O)(C=NC)C(C)C.CCC(O)(C=NC)CC.CC[Si](CC)(CC)C(C)(O)C=N.CC[Si](CC)(CC)C(C)(O)C=NC.CC[Si](CC)(CC)C(O)C=NC(C)C.CN=CC(C)(O)[Si](C)(C)C.CN=CC(O)(C(C)C)C(C)C. The van der Waals surface area contributed by atoms with Crippen LogP contribution in [0.15, 0.2) is 65.2 Å². The molecule has 0 aliphatic carbocycles. The molecule has 0 aromatic carbocycles. The van der Waals surface area contributed by atoms with Gasteiger partial charge in [-0.1, -0.05) is 265 Å². The summed E-state index contributed by atoms with van der Waals surface area (Å²) in [6.07, 6.45) is 26.5. The fourth-order valence-corrected chi connectivity index (χ4v) is 22.8. The molecule has 0 radical (unpaired) electrons. The molecule has 10 unspecified atom stereocenters. The molecule has 0 aliphatic heterocycles. The van der Waals surface area contributed by atoms with E-state index >= 15 is 0 Å². The first-order valence-electron chi connectivity index (χ1n) is 48.2. The average Bonchev–Trinajstić information content (AvgIpc) is 0.808. The van der Waals surface area contributed by atoms with Gasteiger partial charge in [0.1, 0.15) is 22.9 Å². The molecule has 0 rings (SSSR count). The zero-order valence-electron chi connectivity index (χ0n) is 94.3. The number of hydrogen-bond donors (Lipinski definition) is 20. The van der Waals surface area contributed by atoms with Crippen LogP contribution in [-0.4, -0.2) is 331 Å². The maximum atomic E-state index is 10.3. The topological polar surface area (TPSA) is 525 Å². The van der Waals surface area contributed by atoms with Gasteiger partial charge in [-0.2, -0.15) is 0 Å². The third kappa shape index (κ3) is 77.9. The predicted molar refractivity (Wildman–Crippen MR) is 604 cm³/mol. The van der Waals surface area contributed by atoms with Crippen molar-refractivity contribution in [3.63, 3.8) is 0 Å². The molecule has 133 heavy (non-hydrogen) atoms. The normalized spacial score (nSPS) is 16.2. The van der Waals surface area contributed by atoms with Gasteiger partial charge in [-0.05, 0) is 153 Å². The summed E-state index contributed by atoms with van der Waals surface area (Å²) in [4.78, 5) is 31.2. The highest BCUT2D eigenvalue weighted by Gasteiger charge is 2.45. The fraction of sp³-hybridized carbons (Fsp3) is 0.820. The van der Waals surface area contributed by atoms with Crippen molar-refractivity contribution in [3.8, 4) is 0 Å². The van der Waals surface area contributed by atoms with E-state index in [9.17, 15) is 46.0 Å². The van der Waals surface area contributed by atoms with Crippen LogP contribution in [0, 0.1) is 50.2 Å². The second-order valence-electron chi connectivity index (χ2n) is 39.2. The van der Waals surface area contributed by atoms with E-state index in [1.54, 1.807) is 128 Å². The molecule has 794 valence electrons. The molecule has 0 amide bonds. The van der Waals surface area contributed by atoms with Crippen LogP contribution < -0.4 is 0 Å². The third-order valence-corrected chi connectivity index (χ3v) is 49.7. The van der Waals surface area contributed by atoms with Crippen LogP contribution in [0.2, 0.25) is 93.7 Å². The molecule has 0 aliphatic rings. The minimum Gasteiger partial charge on any atom is -0.391 e. The molecular weight excluding hydrogens is 1760 g/mol. The van der Waals surface area contributed by atoms with Gasteiger partial charge in [-0.15, -0.1) is 6.58 Å². The lowest BCUT2D eigenvalue weighted by Gasteiger charge is -2.39. The molecule has 0 spiro atoms. The molecule has 0 fully saturated rings. The Hall–Kier alpha value is -4.62. The zero-order valence-corrected chi connectivity index (χ0v) is 99.3. The maximum absolute atomic E-state index is 10.3. The van der Waals surface area contributed by atoms with Crippen LogP contribution in [-0.2, 0) is 0 Å². The highest BCUT2D eigenvalue weighted by atomic mass is 28.3. The highest BCUT2D eigenvalue weighted by Crippen LogP contribution is 2.33. The van der Waals surface area contributed by atoms with Crippen molar-refractivity contribution in [1.29, 1.82) is 32.5 Å². The van der Waals surface area contributed by atoms with Crippen molar-refractivity contribution in [3.05, 3.63) is 25.3 Å². The number of nitrogens with one attached hydrogen (secondary N) is 6. The van der Waals surface area contributed by atoms with Gasteiger partial charge in [0.2, 0.25) is 0 Å². The summed E-state index contributed by atoms with van der Waals surface area (Å²) >= 11 is 0. The number of aliphatic hydroxyl groups excluding tert-OH is 2. The van der Waals surface area contributed by atoms with E-state index in [2.05, 4.69) is 135 Å². The Labute approximate surface area is 822 Å². The van der Waals surface area contributed by atoms with E-state index in [1.165, 1.54) is 30.8 Å². The van der Waals surface area contributed by atoms with Crippen LogP contribution in [0.4, 0.5) is 0 Å². The van der Waals surface area contributed by atoms with E-state index in [0.29, 0.717) is 31.7 Å². The van der Waals surface area contributed by atoms with Gasteiger partial charge >= 0.3 is 0 Å². The van der Waals surface area contributed by atoms with Gasteiger partial charge in [0.15, 0.2) is 0 Å². The minimum absolute atomic E-state index is 0.214. The first-order valence-corrected chi connectivity index (χ1v) is 63.1. The van der Waals surface area contributed by atoms with E-state index in [4.69, 9.17) is 58.0 Å². The lowest BCUT2D eigenvalue weighted by Crippen LogP contribution is -2.56. The second-order valence-corrected chi connectivity index (χ2v) is 67.0. The first-order chi connectivity index (χ1) is 60.1. The van der Waals surface area contributed by atoms with Crippen LogP contribution >= 0.6 is 0 Å². The molecule has 10 atom stereocenters. The number of aliphatic hydroxyl groups is 14. The Morgan fingerprint density at radius 2 is 0.602 bits per heavy atom. The average molecular weight is 1980 g/mol. The molecule has 20 N–H and O–H groups in total. The van der Waals surface area contributed by atoms with Crippen LogP contribution in [0.5, 0.6) is 0 Å². The number of hydrogen-bond acceptors (Lipinski definition) is 28. The number of rotatable bonds is 42. The molecular formula is C100H220N14O14Si5. The summed E-state index contributed by atoms with van der Waals surface area (Å²) in [5.41, 5.74) is -6.79. The van der Waals surface area contributed by atoms with Crippen LogP contribution in [0.25, 0.3) is 0 Å². The van der Waals surface area contributed by atoms with Crippen molar-refractivity contribution in [2.24, 2.45) is 57.7 Å². The van der Waals surface area contributed by atoms with Gasteiger partial charge in [0.25, 0.3) is 0 Å². The van der Waals surface area contributed by atoms with Crippen molar-refractivity contribution in [2.75, 3.05) is 42.3 Å². The van der Waals surface area contributed by atoms with Crippen molar-refractivity contribution in [1.82, 2.24) is 0 Å². The van der Waals surface area contributed by atoms with Gasteiger partial charge in [-0.3, -0.25) is 39.9 Å². The monoisotopic (exact) mass is 1980 g/mol. The standard InChI is InChI=1S/C11H25NOSi.C10H23NOSi.C9H21NOSi.C9H19NO.C8H17NO.C7H17NOSi.C7H13NO.C7H15NO.C6H15NOSi.C6H11NO.C6H13NO.2C5H11NO.C4H9NO/c1-6-14(7-2,8-3)11(13)9-12-10(4)5;1-6-13(7-2,8-3)10(4,12)9-11-5;1-5-12(6-2,7-3)9(4,11)8-10;1-7(2)9(11,6-10-5)8(3)4;1-5-8(10,6-9-4)7(2)3;1-7(9,6-8-2)10(3,4)5;1-4-7(9)5-8-6(2)3;1-4-7(9,5-2)6-8-3;1-6(8,5-7)9(2,3)4;1-4-6(2,8)5-7-3;1-3-6(8,4-2)5-7;2*1-3-5(2,7)4-6;1-4(2,6)3-5/h9-11,13H,6-8H2,1-5H3;9,12H,6-8H2,1-5H3;8,10-11H,5-7H2,1-4H3;6-8,11H,1-5H3;6-7,10H,5H2,1-4H3;6,9H,1-5H3;4-7,9H,1H2,2-3H3;6,9H,4-5H2,1-3H3;5,7-8H,1-4H3;4-5,8H,1H2,2-3H3;5,7-8H,3-4H2,1-2H3;2*4,6-7H,3H2,1-2H3;3,5-6H,1-2H3. The molecule has 0 aromatic rings. The van der Waals surface area contributed by atoms with E-state index in [1.807, 2.05) is 151 Å². The lowest BCUT2D eigenvalue weighted by atomic mass is 9.81. The third-order valence-electron chi connectivity index (χ3n) is 25.0. The Kier molecular flexibility index (Phi) is 97.1. The maximum Gasteiger partial charge on any atom is 0.114 e. The molecule has 0 bridgehead atoms. The van der Waals surface area contributed by atoms with Crippen molar-refractivity contribution < 1.29 is 71.5 Å². The van der Waals surface area contributed by atoms with E-state index in [0.717, 1.165) is 105 Å². The summed E-state index contributed by atoms with van der Waals surface area (Å²) < 4.78 is 0. The summed E-state index contributed by atoms with van der Waals surface area (Å²) in [6.45, 7) is 87.3. The number of aliphatic imine (C=N–C) groups is 8. The van der Waals surface area contributed by atoms with E-state index in [-0.39, 0.29) is 29.5 Å². The van der Waals surface area contributed by atoms with Gasteiger partial charge in [-0.25, -0.2) is 0 Å².